The van der Waals surface area contributed by atoms with Crippen LogP contribution in [0.3, 0.4) is 0 Å². The van der Waals surface area contributed by atoms with Crippen molar-refractivity contribution in [1.29, 1.82) is 0 Å². The Morgan fingerprint density at radius 2 is 1.72 bits per heavy atom. The van der Waals surface area contributed by atoms with Crippen molar-refractivity contribution in [3.05, 3.63) is 29.8 Å². The van der Waals surface area contributed by atoms with E-state index in [1.54, 1.807) is 26.0 Å². The molecule has 1 unspecified atom stereocenters. The molecule has 0 saturated carbocycles. The molecule has 0 heterocycles. The summed E-state index contributed by atoms with van der Waals surface area (Å²) in [5, 5.41) is 0. The van der Waals surface area contributed by atoms with Gasteiger partial charge in [-0.2, -0.15) is 0 Å². The van der Waals surface area contributed by atoms with Crippen LogP contribution in [0.25, 0.3) is 0 Å². The molecule has 0 aromatic heterocycles. The molecule has 0 aliphatic carbocycles. The lowest BCUT2D eigenvalue weighted by Gasteiger charge is -2.23. The van der Waals surface area contributed by atoms with E-state index in [9.17, 15) is 8.42 Å². The van der Waals surface area contributed by atoms with Gasteiger partial charge >= 0.3 is 0 Å². The van der Waals surface area contributed by atoms with E-state index in [1.807, 2.05) is 12.1 Å². The average Bonchev–Trinajstić information content (AvgIpc) is 2.37. The van der Waals surface area contributed by atoms with E-state index in [4.69, 9.17) is 5.73 Å². The standard InChI is InChI=1S/C14H23NO2S/c1-5-11(2)12-6-8-13(9-7-12)18(16,17)14(3,4)10-15/h6-9,11H,5,10,15H2,1-4H3. The molecule has 4 heteroatoms. The normalized spacial score (nSPS) is 14.5. The Morgan fingerprint density at radius 3 is 2.11 bits per heavy atom. The van der Waals surface area contributed by atoms with Gasteiger partial charge in [0.1, 0.15) is 0 Å². The van der Waals surface area contributed by atoms with Crippen LogP contribution in [0, 0.1) is 0 Å². The van der Waals surface area contributed by atoms with Gasteiger partial charge in [0, 0.05) is 6.54 Å². The molecule has 0 fully saturated rings. The molecule has 0 amide bonds. The Morgan fingerprint density at radius 1 is 1.22 bits per heavy atom. The maximum Gasteiger partial charge on any atom is 0.184 e. The van der Waals surface area contributed by atoms with Crippen molar-refractivity contribution in [2.75, 3.05) is 6.54 Å². The monoisotopic (exact) mass is 269 g/mol. The highest BCUT2D eigenvalue weighted by atomic mass is 32.2. The van der Waals surface area contributed by atoms with E-state index in [0.29, 0.717) is 10.8 Å². The van der Waals surface area contributed by atoms with Gasteiger partial charge in [0.05, 0.1) is 9.64 Å². The first kappa shape index (κ1) is 15.2. The van der Waals surface area contributed by atoms with Crippen molar-refractivity contribution in [3.63, 3.8) is 0 Å². The van der Waals surface area contributed by atoms with Gasteiger partial charge in [0.2, 0.25) is 0 Å². The average molecular weight is 269 g/mol. The van der Waals surface area contributed by atoms with Gasteiger partial charge in [-0.15, -0.1) is 0 Å². The summed E-state index contributed by atoms with van der Waals surface area (Å²) in [6.07, 6.45) is 1.04. The summed E-state index contributed by atoms with van der Waals surface area (Å²) >= 11 is 0. The van der Waals surface area contributed by atoms with Crippen molar-refractivity contribution >= 4 is 9.84 Å². The Labute approximate surface area is 110 Å². The van der Waals surface area contributed by atoms with Crippen LogP contribution in [0.4, 0.5) is 0 Å². The maximum atomic E-state index is 12.4. The van der Waals surface area contributed by atoms with Crippen molar-refractivity contribution < 1.29 is 8.42 Å². The smallest absolute Gasteiger partial charge is 0.184 e. The molecule has 1 rings (SSSR count). The quantitative estimate of drug-likeness (QED) is 0.894. The third-order valence-electron chi connectivity index (χ3n) is 3.59. The van der Waals surface area contributed by atoms with Crippen molar-refractivity contribution in [1.82, 2.24) is 0 Å². The van der Waals surface area contributed by atoms with Gasteiger partial charge in [-0.25, -0.2) is 8.42 Å². The number of rotatable bonds is 5. The fraction of sp³-hybridized carbons (Fsp3) is 0.571. The summed E-state index contributed by atoms with van der Waals surface area (Å²) in [6.45, 7) is 7.68. The zero-order valence-corrected chi connectivity index (χ0v) is 12.4. The SMILES string of the molecule is CCC(C)c1ccc(S(=O)(=O)C(C)(C)CN)cc1. The van der Waals surface area contributed by atoms with Gasteiger partial charge < -0.3 is 5.73 Å². The molecular weight excluding hydrogens is 246 g/mol. The van der Waals surface area contributed by atoms with Crippen LogP contribution in [0.1, 0.15) is 45.6 Å². The van der Waals surface area contributed by atoms with Gasteiger partial charge in [-0.3, -0.25) is 0 Å². The third-order valence-corrected chi connectivity index (χ3v) is 6.11. The van der Waals surface area contributed by atoms with Gasteiger partial charge in [0.25, 0.3) is 0 Å². The Balaban J connectivity index is 3.13. The summed E-state index contributed by atoms with van der Waals surface area (Å²) in [7, 11) is -3.36. The first-order valence-electron chi connectivity index (χ1n) is 6.31. The number of hydrogen-bond acceptors (Lipinski definition) is 3. The lowest BCUT2D eigenvalue weighted by atomic mass is 9.99. The minimum atomic E-state index is -3.36. The summed E-state index contributed by atoms with van der Waals surface area (Å²) in [4.78, 5) is 0.352. The van der Waals surface area contributed by atoms with Crippen LogP contribution >= 0.6 is 0 Å². The Bertz CT molecular complexity index is 489. The molecule has 0 saturated heterocycles. The van der Waals surface area contributed by atoms with E-state index in [-0.39, 0.29) is 6.54 Å². The van der Waals surface area contributed by atoms with Crippen molar-refractivity contribution in [3.8, 4) is 0 Å². The van der Waals surface area contributed by atoms with E-state index < -0.39 is 14.6 Å². The second-order valence-electron chi connectivity index (χ2n) is 5.35. The van der Waals surface area contributed by atoms with Gasteiger partial charge in [-0.05, 0) is 43.9 Å². The number of benzene rings is 1. The van der Waals surface area contributed by atoms with E-state index in [2.05, 4.69) is 13.8 Å². The third kappa shape index (κ3) is 2.75. The highest BCUT2D eigenvalue weighted by molar-refractivity contribution is 7.92. The van der Waals surface area contributed by atoms with Gasteiger partial charge in [0.15, 0.2) is 9.84 Å². The lowest BCUT2D eigenvalue weighted by molar-refractivity contribution is 0.549. The number of nitrogens with two attached hydrogens (primary N) is 1. The molecule has 0 radical (unpaired) electrons. The first-order chi connectivity index (χ1) is 8.26. The largest absolute Gasteiger partial charge is 0.329 e. The topological polar surface area (TPSA) is 60.2 Å². The molecule has 0 spiro atoms. The second kappa shape index (κ2) is 5.41. The zero-order valence-electron chi connectivity index (χ0n) is 11.6. The Kier molecular flexibility index (Phi) is 4.56. The highest BCUT2D eigenvalue weighted by Crippen LogP contribution is 2.26. The molecule has 1 atom stereocenters. The molecule has 0 aliphatic heterocycles. The lowest BCUT2D eigenvalue weighted by Crippen LogP contribution is -2.39. The summed E-state index contributed by atoms with van der Waals surface area (Å²) in [6, 6.07) is 7.17. The molecule has 102 valence electrons. The van der Waals surface area contributed by atoms with Crippen LogP contribution < -0.4 is 5.73 Å². The van der Waals surface area contributed by atoms with Crippen LogP contribution in [0.5, 0.6) is 0 Å². The summed E-state index contributed by atoms with van der Waals surface area (Å²) < 4.78 is 23.8. The number of hydrogen-bond donors (Lipinski definition) is 1. The molecule has 2 N–H and O–H groups in total. The van der Waals surface area contributed by atoms with Crippen molar-refractivity contribution in [2.24, 2.45) is 5.73 Å². The maximum absolute atomic E-state index is 12.4. The first-order valence-corrected chi connectivity index (χ1v) is 7.79. The zero-order chi connectivity index (χ0) is 14.0. The molecule has 3 nitrogen and oxygen atoms in total. The Hall–Kier alpha value is -0.870. The second-order valence-corrected chi connectivity index (χ2v) is 7.93. The molecule has 0 aliphatic rings. The molecule has 0 bridgehead atoms. The minimum Gasteiger partial charge on any atom is -0.329 e. The van der Waals surface area contributed by atoms with E-state index >= 15 is 0 Å². The van der Waals surface area contributed by atoms with Crippen molar-refractivity contribution in [2.45, 2.75) is 49.7 Å². The number of sulfone groups is 1. The molecular formula is C14H23NO2S. The molecule has 18 heavy (non-hydrogen) atoms. The summed E-state index contributed by atoms with van der Waals surface area (Å²) in [5.41, 5.74) is 6.72. The minimum absolute atomic E-state index is 0.114. The fourth-order valence-corrected chi connectivity index (χ4v) is 2.99. The summed E-state index contributed by atoms with van der Waals surface area (Å²) in [5.74, 6) is 0.448. The molecule has 1 aromatic rings. The highest BCUT2D eigenvalue weighted by Gasteiger charge is 2.34. The predicted molar refractivity (Wildman–Crippen MR) is 75.5 cm³/mol. The van der Waals surface area contributed by atoms with Gasteiger partial charge in [-0.1, -0.05) is 26.0 Å². The van der Waals surface area contributed by atoms with Crippen LogP contribution in [-0.4, -0.2) is 19.7 Å². The van der Waals surface area contributed by atoms with E-state index in [0.717, 1.165) is 6.42 Å². The van der Waals surface area contributed by atoms with E-state index in [1.165, 1.54) is 5.56 Å². The predicted octanol–water partition coefficient (Wildman–Crippen LogP) is 2.71. The molecule has 1 aromatic carbocycles. The van der Waals surface area contributed by atoms with Crippen LogP contribution in [0.15, 0.2) is 29.2 Å². The fourth-order valence-electron chi connectivity index (χ4n) is 1.64. The van der Waals surface area contributed by atoms with Crippen LogP contribution in [0.2, 0.25) is 0 Å². The van der Waals surface area contributed by atoms with Crippen LogP contribution in [-0.2, 0) is 9.84 Å².